The predicted octanol–water partition coefficient (Wildman–Crippen LogP) is 4.23. The average molecular weight is 470 g/mol. The first-order valence-corrected chi connectivity index (χ1v) is 11.5. The molecule has 1 fully saturated rings. The minimum absolute atomic E-state index is 0.258. The second-order valence-electron chi connectivity index (χ2n) is 8.22. The highest BCUT2D eigenvalue weighted by Crippen LogP contribution is 2.32. The molecule has 0 unspecified atom stereocenters. The summed E-state index contributed by atoms with van der Waals surface area (Å²) >= 11 is 0. The van der Waals surface area contributed by atoms with E-state index >= 15 is 0 Å². The highest BCUT2D eigenvalue weighted by Gasteiger charge is 2.22. The van der Waals surface area contributed by atoms with Crippen LogP contribution in [-0.4, -0.2) is 56.3 Å². The van der Waals surface area contributed by atoms with Gasteiger partial charge in [0, 0.05) is 50.0 Å². The molecule has 2 aromatic carbocycles. The summed E-state index contributed by atoms with van der Waals surface area (Å²) in [7, 11) is 3.15. The smallest absolute Gasteiger partial charge is 0.257 e. The number of pyridine rings is 2. The van der Waals surface area contributed by atoms with Gasteiger partial charge in [0.15, 0.2) is 0 Å². The number of aromatic nitrogens is 2. The van der Waals surface area contributed by atoms with E-state index in [1.54, 1.807) is 38.6 Å². The number of benzene rings is 2. The van der Waals surface area contributed by atoms with E-state index in [4.69, 9.17) is 14.5 Å². The second kappa shape index (κ2) is 9.89. The molecular formula is C27H27N5O3. The molecule has 0 aliphatic carbocycles. The first kappa shape index (κ1) is 22.5. The van der Waals surface area contributed by atoms with Crippen molar-refractivity contribution < 1.29 is 14.3 Å². The molecule has 0 atom stereocenters. The monoisotopic (exact) mass is 469 g/mol. The van der Waals surface area contributed by atoms with Crippen LogP contribution in [0.4, 0.5) is 17.3 Å². The van der Waals surface area contributed by atoms with Gasteiger partial charge in [-0.15, -0.1) is 0 Å². The van der Waals surface area contributed by atoms with E-state index in [9.17, 15) is 4.79 Å². The first-order chi connectivity index (χ1) is 17.2. The lowest BCUT2D eigenvalue weighted by Gasteiger charge is -2.36. The molecule has 1 aliphatic heterocycles. The predicted molar refractivity (Wildman–Crippen MR) is 138 cm³/mol. The largest absolute Gasteiger partial charge is 0.497 e. The van der Waals surface area contributed by atoms with Crippen LogP contribution < -0.4 is 24.6 Å². The van der Waals surface area contributed by atoms with E-state index in [2.05, 4.69) is 20.1 Å². The number of methoxy groups -OCH3 is 2. The van der Waals surface area contributed by atoms with E-state index in [0.29, 0.717) is 22.7 Å². The van der Waals surface area contributed by atoms with Crippen molar-refractivity contribution in [3.05, 3.63) is 78.6 Å². The van der Waals surface area contributed by atoms with Gasteiger partial charge in [-0.05, 0) is 29.7 Å². The lowest BCUT2D eigenvalue weighted by Crippen LogP contribution is -2.47. The number of piperazine rings is 1. The third-order valence-electron chi connectivity index (χ3n) is 6.23. The Hall–Kier alpha value is -4.33. The maximum atomic E-state index is 13.3. The molecule has 1 N–H and O–H groups in total. The Bertz CT molecular complexity index is 1340. The van der Waals surface area contributed by atoms with Crippen molar-refractivity contribution in [2.24, 2.45) is 0 Å². The summed E-state index contributed by atoms with van der Waals surface area (Å²) < 4.78 is 10.7. The number of carbonyl (C=O) groups is 1. The van der Waals surface area contributed by atoms with Gasteiger partial charge < -0.3 is 24.6 Å². The highest BCUT2D eigenvalue weighted by atomic mass is 16.5. The van der Waals surface area contributed by atoms with Crippen LogP contribution in [0.25, 0.3) is 10.8 Å². The van der Waals surface area contributed by atoms with Crippen LogP contribution in [0.3, 0.4) is 0 Å². The summed E-state index contributed by atoms with van der Waals surface area (Å²) in [6.45, 7) is 3.34. The van der Waals surface area contributed by atoms with Crippen molar-refractivity contribution in [3.8, 4) is 11.5 Å². The lowest BCUT2D eigenvalue weighted by molar-refractivity contribution is 0.102. The number of carbonyl (C=O) groups excluding carboxylic acids is 1. The molecule has 1 aliphatic rings. The third-order valence-corrected chi connectivity index (χ3v) is 6.23. The molecule has 0 spiro atoms. The Kier molecular flexibility index (Phi) is 6.34. The molecule has 5 rings (SSSR count). The average Bonchev–Trinajstić information content (AvgIpc) is 2.93. The fraction of sp³-hybridized carbons (Fsp3) is 0.222. The zero-order valence-corrected chi connectivity index (χ0v) is 19.8. The quantitative estimate of drug-likeness (QED) is 0.453. The molecular weight excluding hydrogens is 442 g/mol. The van der Waals surface area contributed by atoms with Crippen molar-refractivity contribution in [3.63, 3.8) is 0 Å². The number of rotatable bonds is 6. The number of nitrogens with one attached hydrogen (secondary N) is 1. The fourth-order valence-corrected chi connectivity index (χ4v) is 4.40. The standard InChI is InChI=1S/C27H27N5O3/c1-34-19-10-11-24(35-2)23(17-19)30-27(33)22-18-29-26(21-8-4-3-7-20(21)22)32-15-13-31(14-16-32)25-9-5-6-12-28-25/h3-12,17-18H,13-16H2,1-2H3,(H,30,33). The molecule has 3 heterocycles. The topological polar surface area (TPSA) is 79.8 Å². The van der Waals surface area contributed by atoms with Crippen molar-refractivity contribution in [2.75, 3.05) is 55.5 Å². The Morgan fingerprint density at radius 1 is 0.857 bits per heavy atom. The molecule has 8 nitrogen and oxygen atoms in total. The summed E-state index contributed by atoms with van der Waals surface area (Å²) in [6, 6.07) is 19.2. The van der Waals surface area contributed by atoms with E-state index in [1.807, 2.05) is 48.7 Å². The number of anilines is 3. The van der Waals surface area contributed by atoms with Crippen molar-refractivity contribution in [2.45, 2.75) is 0 Å². The number of ether oxygens (including phenoxy) is 2. The van der Waals surface area contributed by atoms with E-state index in [-0.39, 0.29) is 5.91 Å². The first-order valence-electron chi connectivity index (χ1n) is 11.5. The Labute approximate surface area is 204 Å². The second-order valence-corrected chi connectivity index (χ2v) is 8.22. The van der Waals surface area contributed by atoms with E-state index in [0.717, 1.165) is 48.6 Å². The number of nitrogens with zero attached hydrogens (tertiary/aromatic N) is 4. The Morgan fingerprint density at radius 3 is 2.31 bits per heavy atom. The molecule has 0 bridgehead atoms. The van der Waals surface area contributed by atoms with E-state index in [1.165, 1.54) is 0 Å². The van der Waals surface area contributed by atoms with Gasteiger partial charge >= 0.3 is 0 Å². The number of hydrogen-bond donors (Lipinski definition) is 1. The van der Waals surface area contributed by atoms with Gasteiger partial charge in [0.25, 0.3) is 5.91 Å². The third kappa shape index (κ3) is 4.55. The van der Waals surface area contributed by atoms with Crippen LogP contribution in [0.15, 0.2) is 73.1 Å². The normalized spacial score (nSPS) is 13.5. The summed E-state index contributed by atoms with van der Waals surface area (Å²) in [5, 5.41) is 4.76. The van der Waals surface area contributed by atoms with Crippen molar-refractivity contribution in [1.82, 2.24) is 9.97 Å². The molecule has 178 valence electrons. The lowest BCUT2D eigenvalue weighted by atomic mass is 10.1. The number of hydrogen-bond acceptors (Lipinski definition) is 7. The Balaban J connectivity index is 1.40. The molecule has 1 saturated heterocycles. The number of fused-ring (bicyclic) bond motifs is 1. The fourth-order valence-electron chi connectivity index (χ4n) is 4.40. The van der Waals surface area contributed by atoms with Gasteiger partial charge in [-0.3, -0.25) is 4.79 Å². The summed E-state index contributed by atoms with van der Waals surface area (Å²) in [5.74, 6) is 2.80. The molecule has 1 amide bonds. The van der Waals surface area contributed by atoms with Gasteiger partial charge in [-0.2, -0.15) is 0 Å². The molecule has 0 saturated carbocycles. The van der Waals surface area contributed by atoms with Crippen LogP contribution in [-0.2, 0) is 0 Å². The van der Waals surface area contributed by atoms with Crippen LogP contribution in [0.5, 0.6) is 11.5 Å². The molecule has 2 aromatic heterocycles. The maximum absolute atomic E-state index is 13.3. The van der Waals surface area contributed by atoms with Gasteiger partial charge in [0.05, 0.1) is 25.5 Å². The van der Waals surface area contributed by atoms with Gasteiger partial charge in [-0.1, -0.05) is 30.3 Å². The van der Waals surface area contributed by atoms with Crippen LogP contribution in [0, 0.1) is 0 Å². The SMILES string of the molecule is COc1ccc(OC)c(NC(=O)c2cnc(N3CCN(c4ccccn4)CC3)c3ccccc23)c1. The van der Waals surface area contributed by atoms with E-state index < -0.39 is 0 Å². The zero-order valence-electron chi connectivity index (χ0n) is 19.8. The maximum Gasteiger partial charge on any atom is 0.257 e. The number of amides is 1. The molecule has 8 heteroatoms. The highest BCUT2D eigenvalue weighted by molar-refractivity contribution is 6.14. The van der Waals surface area contributed by atoms with Crippen molar-refractivity contribution in [1.29, 1.82) is 0 Å². The minimum atomic E-state index is -0.258. The summed E-state index contributed by atoms with van der Waals surface area (Å²) in [4.78, 5) is 27.1. The molecule has 4 aromatic rings. The van der Waals surface area contributed by atoms with Crippen LogP contribution >= 0.6 is 0 Å². The molecule has 0 radical (unpaired) electrons. The van der Waals surface area contributed by atoms with Crippen molar-refractivity contribution >= 4 is 34.0 Å². The van der Waals surface area contributed by atoms with Crippen LogP contribution in [0.1, 0.15) is 10.4 Å². The zero-order chi connectivity index (χ0) is 24.2. The van der Waals surface area contributed by atoms with Gasteiger partial charge in [0.2, 0.25) is 0 Å². The van der Waals surface area contributed by atoms with Crippen LogP contribution in [0.2, 0.25) is 0 Å². The summed E-state index contributed by atoms with van der Waals surface area (Å²) in [6.07, 6.45) is 3.48. The summed E-state index contributed by atoms with van der Waals surface area (Å²) in [5.41, 5.74) is 1.04. The minimum Gasteiger partial charge on any atom is -0.497 e. The van der Waals surface area contributed by atoms with Gasteiger partial charge in [0.1, 0.15) is 23.1 Å². The Morgan fingerprint density at radius 2 is 1.60 bits per heavy atom. The van der Waals surface area contributed by atoms with Gasteiger partial charge in [-0.25, -0.2) is 9.97 Å². The molecule has 35 heavy (non-hydrogen) atoms.